The molecule has 1 amide bonds. The Labute approximate surface area is 162 Å². The standard InChI is InChI=1S/C19H23N5O4/c1-26-11-9-24-8-7-13-14(24)4-2-5-15(13)28-12-17(25)20-19-21-18(22-23-19)16-6-3-10-27-16/h2,4-5,7-8,16H,3,6,9-12H2,1H3,(H2,20,21,22,23,25)/t16-/m0/s1. The van der Waals surface area contributed by atoms with Crippen molar-refractivity contribution in [3.05, 3.63) is 36.3 Å². The molecule has 1 aliphatic heterocycles. The molecule has 148 valence electrons. The molecule has 1 fully saturated rings. The summed E-state index contributed by atoms with van der Waals surface area (Å²) >= 11 is 0. The minimum atomic E-state index is -0.325. The maximum Gasteiger partial charge on any atom is 0.264 e. The smallest absolute Gasteiger partial charge is 0.264 e. The second-order valence-electron chi connectivity index (χ2n) is 6.57. The lowest BCUT2D eigenvalue weighted by Crippen LogP contribution is -2.21. The molecule has 3 aromatic rings. The minimum Gasteiger partial charge on any atom is -0.483 e. The maximum atomic E-state index is 12.2. The fourth-order valence-electron chi connectivity index (χ4n) is 3.28. The number of fused-ring (bicyclic) bond motifs is 1. The van der Waals surface area contributed by atoms with Gasteiger partial charge in [0.15, 0.2) is 12.4 Å². The Morgan fingerprint density at radius 2 is 2.36 bits per heavy atom. The number of hydrogen-bond acceptors (Lipinski definition) is 6. The van der Waals surface area contributed by atoms with Crippen molar-refractivity contribution in [1.29, 1.82) is 0 Å². The van der Waals surface area contributed by atoms with E-state index in [4.69, 9.17) is 14.2 Å². The van der Waals surface area contributed by atoms with E-state index < -0.39 is 0 Å². The fraction of sp³-hybridized carbons (Fsp3) is 0.421. The van der Waals surface area contributed by atoms with Crippen LogP contribution in [0.4, 0.5) is 5.95 Å². The van der Waals surface area contributed by atoms with Crippen LogP contribution >= 0.6 is 0 Å². The molecule has 1 aromatic carbocycles. The van der Waals surface area contributed by atoms with Crippen LogP contribution in [0.1, 0.15) is 24.8 Å². The molecular weight excluding hydrogens is 362 g/mol. The third kappa shape index (κ3) is 4.00. The predicted octanol–water partition coefficient (Wildman–Crippen LogP) is 2.27. The Morgan fingerprint density at radius 3 is 3.18 bits per heavy atom. The molecule has 0 aliphatic carbocycles. The van der Waals surface area contributed by atoms with E-state index >= 15 is 0 Å². The van der Waals surface area contributed by atoms with Crippen LogP contribution in [-0.4, -0.2) is 52.6 Å². The molecule has 0 bridgehead atoms. The van der Waals surface area contributed by atoms with Crippen molar-refractivity contribution in [2.75, 3.05) is 32.2 Å². The highest BCUT2D eigenvalue weighted by Crippen LogP contribution is 2.27. The second kappa shape index (κ2) is 8.41. The second-order valence-corrected chi connectivity index (χ2v) is 6.57. The zero-order valence-electron chi connectivity index (χ0n) is 15.7. The van der Waals surface area contributed by atoms with Gasteiger partial charge in [-0.25, -0.2) is 0 Å². The number of carbonyl (C=O) groups is 1. The van der Waals surface area contributed by atoms with E-state index in [2.05, 4.69) is 25.1 Å². The van der Waals surface area contributed by atoms with Gasteiger partial charge < -0.3 is 18.8 Å². The lowest BCUT2D eigenvalue weighted by atomic mass is 10.2. The molecule has 0 radical (unpaired) electrons. The number of aromatic nitrogens is 4. The molecule has 2 aromatic heterocycles. The van der Waals surface area contributed by atoms with E-state index in [9.17, 15) is 4.79 Å². The van der Waals surface area contributed by atoms with Crippen molar-refractivity contribution in [3.8, 4) is 5.75 Å². The molecule has 1 aliphatic rings. The predicted molar refractivity (Wildman–Crippen MR) is 102 cm³/mol. The van der Waals surface area contributed by atoms with E-state index in [0.29, 0.717) is 18.2 Å². The summed E-state index contributed by atoms with van der Waals surface area (Å²) in [6.45, 7) is 1.97. The molecule has 9 nitrogen and oxygen atoms in total. The van der Waals surface area contributed by atoms with E-state index in [1.54, 1.807) is 7.11 Å². The third-order valence-corrected chi connectivity index (χ3v) is 4.66. The zero-order chi connectivity index (χ0) is 19.3. The summed E-state index contributed by atoms with van der Waals surface area (Å²) in [5, 5.41) is 10.4. The van der Waals surface area contributed by atoms with Gasteiger partial charge in [0.2, 0.25) is 5.95 Å². The maximum absolute atomic E-state index is 12.2. The van der Waals surface area contributed by atoms with Gasteiger partial charge >= 0.3 is 0 Å². The van der Waals surface area contributed by atoms with Crippen LogP contribution in [0.3, 0.4) is 0 Å². The van der Waals surface area contributed by atoms with Gasteiger partial charge in [0.05, 0.1) is 12.1 Å². The van der Waals surface area contributed by atoms with Gasteiger partial charge in [0.1, 0.15) is 11.9 Å². The SMILES string of the molecule is COCCn1ccc2c(OCC(=O)Nc3n[nH]c([C@@H]4CCCO4)n3)cccc21. The minimum absolute atomic E-state index is 0.0749. The highest BCUT2D eigenvalue weighted by molar-refractivity contribution is 5.91. The number of nitrogens with zero attached hydrogens (tertiary/aromatic N) is 3. The molecule has 0 spiro atoms. The van der Waals surface area contributed by atoms with E-state index in [-0.39, 0.29) is 24.6 Å². The molecule has 2 N–H and O–H groups in total. The zero-order valence-corrected chi connectivity index (χ0v) is 15.7. The Morgan fingerprint density at radius 1 is 1.43 bits per heavy atom. The molecule has 1 saturated heterocycles. The molecule has 28 heavy (non-hydrogen) atoms. The normalized spacial score (nSPS) is 16.5. The van der Waals surface area contributed by atoms with E-state index in [0.717, 1.165) is 36.9 Å². The van der Waals surface area contributed by atoms with Gasteiger partial charge in [-0.2, -0.15) is 4.98 Å². The van der Waals surface area contributed by atoms with Crippen molar-refractivity contribution < 1.29 is 19.0 Å². The van der Waals surface area contributed by atoms with Gasteiger partial charge in [0, 0.05) is 31.8 Å². The number of hydrogen-bond donors (Lipinski definition) is 2. The number of nitrogens with one attached hydrogen (secondary N) is 2. The van der Waals surface area contributed by atoms with Crippen LogP contribution in [0, 0.1) is 0 Å². The molecule has 4 rings (SSSR count). The van der Waals surface area contributed by atoms with E-state index in [1.165, 1.54) is 0 Å². The van der Waals surface area contributed by atoms with Gasteiger partial charge in [0.25, 0.3) is 5.91 Å². The third-order valence-electron chi connectivity index (χ3n) is 4.66. The van der Waals surface area contributed by atoms with Crippen molar-refractivity contribution in [2.24, 2.45) is 0 Å². The lowest BCUT2D eigenvalue weighted by molar-refractivity contribution is -0.118. The Kier molecular flexibility index (Phi) is 5.54. The quantitative estimate of drug-likeness (QED) is 0.617. The monoisotopic (exact) mass is 385 g/mol. The first-order valence-corrected chi connectivity index (χ1v) is 9.28. The molecule has 1 atom stereocenters. The van der Waals surface area contributed by atoms with Crippen LogP contribution in [0.15, 0.2) is 30.5 Å². The van der Waals surface area contributed by atoms with Crippen LogP contribution in [-0.2, 0) is 20.8 Å². The number of anilines is 1. The summed E-state index contributed by atoms with van der Waals surface area (Å²) in [5.74, 6) is 1.19. The number of aromatic amines is 1. The molecule has 3 heterocycles. The number of benzene rings is 1. The first-order valence-electron chi connectivity index (χ1n) is 9.28. The van der Waals surface area contributed by atoms with Crippen LogP contribution < -0.4 is 10.1 Å². The summed E-state index contributed by atoms with van der Waals surface area (Å²) in [4.78, 5) is 16.5. The average Bonchev–Trinajstić information content (AvgIpc) is 3.45. The first-order chi connectivity index (χ1) is 13.7. The number of amides is 1. The van der Waals surface area contributed by atoms with Gasteiger partial charge in [-0.05, 0) is 31.0 Å². The van der Waals surface area contributed by atoms with Crippen molar-refractivity contribution >= 4 is 22.8 Å². The summed E-state index contributed by atoms with van der Waals surface area (Å²) in [6.07, 6.45) is 3.81. The average molecular weight is 385 g/mol. The van der Waals surface area contributed by atoms with E-state index in [1.807, 2.05) is 30.5 Å². The number of methoxy groups -OCH3 is 1. The van der Waals surface area contributed by atoms with Crippen molar-refractivity contribution in [3.63, 3.8) is 0 Å². The summed E-state index contributed by atoms with van der Waals surface area (Å²) in [7, 11) is 1.68. The highest BCUT2D eigenvalue weighted by atomic mass is 16.5. The number of carbonyl (C=O) groups excluding carboxylic acids is 1. The first kappa shape index (κ1) is 18.5. The molecular formula is C19H23N5O4. The van der Waals surface area contributed by atoms with Crippen LogP contribution in [0.25, 0.3) is 10.9 Å². The van der Waals surface area contributed by atoms with Gasteiger partial charge in [-0.1, -0.05) is 6.07 Å². The van der Waals surface area contributed by atoms with Crippen molar-refractivity contribution in [1.82, 2.24) is 19.7 Å². The number of rotatable bonds is 8. The molecule has 0 unspecified atom stereocenters. The summed E-state index contributed by atoms with van der Waals surface area (Å²) in [6, 6.07) is 7.74. The molecule has 9 heteroatoms. The summed E-state index contributed by atoms with van der Waals surface area (Å²) in [5.41, 5.74) is 1.03. The molecule has 0 saturated carbocycles. The largest absolute Gasteiger partial charge is 0.483 e. The van der Waals surface area contributed by atoms with Gasteiger partial charge in [-0.3, -0.25) is 15.2 Å². The number of ether oxygens (including phenoxy) is 3. The van der Waals surface area contributed by atoms with Gasteiger partial charge in [-0.15, -0.1) is 5.10 Å². The lowest BCUT2D eigenvalue weighted by Gasteiger charge is -2.08. The van der Waals surface area contributed by atoms with Crippen molar-refractivity contribution in [2.45, 2.75) is 25.5 Å². The number of H-pyrrole nitrogens is 1. The topological polar surface area (TPSA) is 103 Å². The van der Waals surface area contributed by atoms with Crippen LogP contribution in [0.5, 0.6) is 5.75 Å². The Balaban J connectivity index is 1.36. The Bertz CT molecular complexity index is 945. The Hall–Kier alpha value is -2.91. The highest BCUT2D eigenvalue weighted by Gasteiger charge is 2.21. The van der Waals surface area contributed by atoms with Crippen LogP contribution in [0.2, 0.25) is 0 Å². The fourth-order valence-corrected chi connectivity index (χ4v) is 3.28. The summed E-state index contributed by atoms with van der Waals surface area (Å²) < 4.78 is 18.5.